The number of rotatable bonds is 4. The van der Waals surface area contributed by atoms with Gasteiger partial charge in [0.25, 0.3) is 5.91 Å². The molecular weight excluding hydrogens is 278 g/mol. The zero-order valence-corrected chi connectivity index (χ0v) is 11.4. The Morgan fingerprint density at radius 1 is 1.50 bits per heavy atom. The van der Waals surface area contributed by atoms with Gasteiger partial charge < -0.3 is 14.3 Å². The molecule has 0 spiro atoms. The van der Waals surface area contributed by atoms with E-state index in [4.69, 9.17) is 8.94 Å². The van der Waals surface area contributed by atoms with Gasteiger partial charge in [-0.1, -0.05) is 11.2 Å². The van der Waals surface area contributed by atoms with E-state index in [9.17, 15) is 4.79 Å². The highest BCUT2D eigenvalue weighted by Gasteiger charge is 2.13. The molecule has 0 aliphatic rings. The number of aryl methyl sites for hydroxylation is 1. The predicted molar refractivity (Wildman–Crippen MR) is 72.2 cm³/mol. The van der Waals surface area contributed by atoms with Crippen molar-refractivity contribution in [1.29, 1.82) is 0 Å². The van der Waals surface area contributed by atoms with Crippen LogP contribution in [0.5, 0.6) is 0 Å². The van der Waals surface area contributed by atoms with Gasteiger partial charge in [-0.3, -0.25) is 4.79 Å². The summed E-state index contributed by atoms with van der Waals surface area (Å²) in [6.45, 7) is 2.03. The molecule has 3 aromatic heterocycles. The number of aromatic nitrogens is 2. The molecule has 0 aliphatic carbocycles. The van der Waals surface area contributed by atoms with Crippen LogP contribution >= 0.6 is 11.3 Å². The average Bonchev–Trinajstić information content (AvgIpc) is 3.16. The standard InChI is InChI=1S/C13H11N3O3S/c1-8-5-10(19-16-8)12(17)14-6-9-7-18-13(15-9)11-3-2-4-20-11/h2-5,7H,6H2,1H3,(H,14,17). The smallest absolute Gasteiger partial charge is 0.290 e. The van der Waals surface area contributed by atoms with Crippen LogP contribution in [0.2, 0.25) is 0 Å². The summed E-state index contributed by atoms with van der Waals surface area (Å²) < 4.78 is 10.2. The molecule has 3 heterocycles. The third-order valence-corrected chi connectivity index (χ3v) is 3.42. The fourth-order valence-corrected chi connectivity index (χ4v) is 2.29. The summed E-state index contributed by atoms with van der Waals surface area (Å²) in [7, 11) is 0. The third kappa shape index (κ3) is 2.62. The Kier molecular flexibility index (Phi) is 3.34. The van der Waals surface area contributed by atoms with Gasteiger partial charge >= 0.3 is 0 Å². The van der Waals surface area contributed by atoms with Crippen LogP contribution in [0.25, 0.3) is 10.8 Å². The highest BCUT2D eigenvalue weighted by Crippen LogP contribution is 2.23. The van der Waals surface area contributed by atoms with E-state index >= 15 is 0 Å². The minimum absolute atomic E-state index is 0.185. The van der Waals surface area contributed by atoms with Crippen molar-refractivity contribution in [1.82, 2.24) is 15.5 Å². The van der Waals surface area contributed by atoms with Crippen molar-refractivity contribution >= 4 is 17.2 Å². The van der Waals surface area contributed by atoms with Crippen molar-refractivity contribution in [3.8, 4) is 10.8 Å². The van der Waals surface area contributed by atoms with E-state index < -0.39 is 0 Å². The number of carbonyl (C=O) groups excluding carboxylic acids is 1. The molecule has 1 N–H and O–H groups in total. The first-order valence-corrected chi connectivity index (χ1v) is 6.80. The van der Waals surface area contributed by atoms with Gasteiger partial charge in [0, 0.05) is 6.07 Å². The topological polar surface area (TPSA) is 81.2 Å². The zero-order valence-electron chi connectivity index (χ0n) is 10.6. The lowest BCUT2D eigenvalue weighted by molar-refractivity contribution is 0.0913. The maximum Gasteiger partial charge on any atom is 0.290 e. The van der Waals surface area contributed by atoms with Crippen LogP contribution in [-0.4, -0.2) is 16.0 Å². The van der Waals surface area contributed by atoms with Gasteiger partial charge in [-0.2, -0.15) is 0 Å². The van der Waals surface area contributed by atoms with E-state index in [1.54, 1.807) is 24.3 Å². The van der Waals surface area contributed by atoms with Crippen molar-refractivity contribution in [3.63, 3.8) is 0 Å². The number of nitrogens with one attached hydrogen (secondary N) is 1. The SMILES string of the molecule is Cc1cc(C(=O)NCc2coc(-c3cccs3)n2)on1. The van der Waals surface area contributed by atoms with Crippen LogP contribution in [0.4, 0.5) is 0 Å². The second-order valence-electron chi connectivity index (χ2n) is 4.14. The molecule has 20 heavy (non-hydrogen) atoms. The van der Waals surface area contributed by atoms with E-state index in [0.29, 0.717) is 17.3 Å². The quantitative estimate of drug-likeness (QED) is 0.798. The molecular formula is C13H11N3O3S. The minimum Gasteiger partial charge on any atom is -0.443 e. The summed E-state index contributed by atoms with van der Waals surface area (Å²) in [6, 6.07) is 5.43. The predicted octanol–water partition coefficient (Wildman–Crippen LogP) is 2.63. The normalized spacial score (nSPS) is 10.7. The average molecular weight is 289 g/mol. The fourth-order valence-electron chi connectivity index (χ4n) is 1.63. The number of oxazole rings is 1. The Hall–Kier alpha value is -2.41. The Labute approximate surface area is 118 Å². The van der Waals surface area contributed by atoms with Crippen molar-refractivity contribution in [2.45, 2.75) is 13.5 Å². The molecule has 0 atom stereocenters. The van der Waals surface area contributed by atoms with E-state index in [1.807, 2.05) is 17.5 Å². The lowest BCUT2D eigenvalue weighted by Crippen LogP contribution is -2.22. The van der Waals surface area contributed by atoms with Gasteiger partial charge in [0.2, 0.25) is 11.7 Å². The lowest BCUT2D eigenvalue weighted by atomic mass is 10.3. The molecule has 3 rings (SSSR count). The second kappa shape index (κ2) is 5.30. The molecule has 3 aromatic rings. The summed E-state index contributed by atoms with van der Waals surface area (Å²) in [5.74, 6) is 0.413. The van der Waals surface area contributed by atoms with Crippen molar-refractivity contribution in [3.05, 3.63) is 47.0 Å². The third-order valence-electron chi connectivity index (χ3n) is 2.57. The first-order valence-electron chi connectivity index (χ1n) is 5.92. The summed E-state index contributed by atoms with van der Waals surface area (Å²) in [5, 5.41) is 8.31. The summed E-state index contributed by atoms with van der Waals surface area (Å²) in [6.07, 6.45) is 1.53. The summed E-state index contributed by atoms with van der Waals surface area (Å²) in [5.41, 5.74) is 1.31. The second-order valence-corrected chi connectivity index (χ2v) is 5.08. The summed E-state index contributed by atoms with van der Waals surface area (Å²) in [4.78, 5) is 17.0. The molecule has 0 saturated heterocycles. The van der Waals surface area contributed by atoms with Crippen LogP contribution in [-0.2, 0) is 6.54 Å². The fraction of sp³-hybridized carbons (Fsp3) is 0.154. The highest BCUT2D eigenvalue weighted by atomic mass is 32.1. The Morgan fingerprint density at radius 2 is 2.40 bits per heavy atom. The molecule has 1 amide bonds. The number of carbonyl (C=O) groups is 1. The van der Waals surface area contributed by atoms with Crippen molar-refractivity contribution in [2.75, 3.05) is 0 Å². The van der Waals surface area contributed by atoms with Gasteiger partial charge in [-0.15, -0.1) is 11.3 Å². The van der Waals surface area contributed by atoms with Gasteiger partial charge in [-0.05, 0) is 18.4 Å². The first kappa shape index (κ1) is 12.6. The molecule has 0 unspecified atom stereocenters. The molecule has 0 bridgehead atoms. The maximum absolute atomic E-state index is 11.8. The maximum atomic E-state index is 11.8. The minimum atomic E-state index is -0.328. The monoisotopic (exact) mass is 289 g/mol. The Bertz CT molecular complexity index is 715. The first-order chi connectivity index (χ1) is 9.72. The molecule has 0 fully saturated rings. The number of amides is 1. The lowest BCUT2D eigenvalue weighted by Gasteiger charge is -1.97. The van der Waals surface area contributed by atoms with Gasteiger partial charge in [-0.25, -0.2) is 4.98 Å². The van der Waals surface area contributed by atoms with E-state index in [2.05, 4.69) is 15.5 Å². The Balaban J connectivity index is 1.63. The number of hydrogen-bond donors (Lipinski definition) is 1. The van der Waals surface area contributed by atoms with Crippen LogP contribution in [0, 0.1) is 6.92 Å². The van der Waals surface area contributed by atoms with E-state index in [1.165, 1.54) is 6.26 Å². The Morgan fingerprint density at radius 3 is 3.10 bits per heavy atom. The number of thiophene rings is 1. The van der Waals surface area contributed by atoms with Crippen LogP contribution in [0.3, 0.4) is 0 Å². The van der Waals surface area contributed by atoms with Crippen LogP contribution < -0.4 is 5.32 Å². The van der Waals surface area contributed by atoms with Crippen LogP contribution in [0.1, 0.15) is 21.9 Å². The van der Waals surface area contributed by atoms with Gasteiger partial charge in [0.1, 0.15) is 6.26 Å². The van der Waals surface area contributed by atoms with Crippen molar-refractivity contribution in [2.24, 2.45) is 0 Å². The molecule has 6 nitrogen and oxygen atoms in total. The van der Waals surface area contributed by atoms with E-state index in [-0.39, 0.29) is 18.2 Å². The molecule has 0 saturated carbocycles. The highest BCUT2D eigenvalue weighted by molar-refractivity contribution is 7.13. The number of nitrogens with zero attached hydrogens (tertiary/aromatic N) is 2. The van der Waals surface area contributed by atoms with Gasteiger partial charge in [0.15, 0.2) is 0 Å². The molecule has 7 heteroatoms. The van der Waals surface area contributed by atoms with E-state index in [0.717, 1.165) is 4.88 Å². The number of hydrogen-bond acceptors (Lipinski definition) is 6. The largest absolute Gasteiger partial charge is 0.443 e. The zero-order chi connectivity index (χ0) is 13.9. The molecule has 0 aromatic carbocycles. The molecule has 102 valence electrons. The van der Waals surface area contributed by atoms with Crippen molar-refractivity contribution < 1.29 is 13.7 Å². The molecule has 0 aliphatic heterocycles. The summed E-state index contributed by atoms with van der Waals surface area (Å²) >= 11 is 1.55. The molecule has 0 radical (unpaired) electrons. The van der Waals surface area contributed by atoms with Crippen LogP contribution in [0.15, 0.2) is 38.8 Å². The van der Waals surface area contributed by atoms with Gasteiger partial charge in [0.05, 0.1) is 22.8 Å².